The Morgan fingerprint density at radius 2 is 1.68 bits per heavy atom. The Morgan fingerprint density at radius 3 is 2.39 bits per heavy atom. The fourth-order valence-electron chi connectivity index (χ4n) is 3.20. The maximum atomic E-state index is 12.6. The topological polar surface area (TPSA) is 95.2 Å². The number of carbonyl (C=O) groups excluding carboxylic acids is 1. The van der Waals surface area contributed by atoms with Crippen LogP contribution in [0, 0.1) is 6.92 Å². The predicted molar refractivity (Wildman–Crippen MR) is 118 cm³/mol. The van der Waals surface area contributed by atoms with Gasteiger partial charge in [-0.25, -0.2) is 9.78 Å². The fraction of sp³-hybridized carbons (Fsp3) is 0.130. The van der Waals surface area contributed by atoms with E-state index >= 15 is 0 Å². The van der Waals surface area contributed by atoms with Gasteiger partial charge in [0.1, 0.15) is 22.8 Å². The molecule has 2 heterocycles. The molecule has 0 atom stereocenters. The van der Waals surface area contributed by atoms with Gasteiger partial charge >= 0.3 is 5.69 Å². The van der Waals surface area contributed by atoms with Gasteiger partial charge < -0.3 is 10.1 Å². The third kappa shape index (κ3) is 3.95. The Balaban J connectivity index is 1.55. The number of nitrogens with one attached hydrogen (secondary N) is 1. The van der Waals surface area contributed by atoms with Crippen molar-refractivity contribution in [2.45, 2.75) is 6.92 Å². The number of anilines is 1. The molecule has 0 aliphatic carbocycles. The van der Waals surface area contributed by atoms with Gasteiger partial charge in [0, 0.05) is 19.8 Å². The van der Waals surface area contributed by atoms with Crippen LogP contribution in [0.25, 0.3) is 11.0 Å². The largest absolute Gasteiger partial charge is 0.457 e. The maximum absolute atomic E-state index is 12.6. The summed E-state index contributed by atoms with van der Waals surface area (Å²) in [5.74, 6) is 0.912. The Labute approximate surface area is 177 Å². The van der Waals surface area contributed by atoms with E-state index in [0.717, 1.165) is 15.9 Å². The second-order valence-corrected chi connectivity index (χ2v) is 7.17. The number of aromatic nitrogens is 3. The van der Waals surface area contributed by atoms with Crippen LogP contribution in [0.2, 0.25) is 0 Å². The summed E-state index contributed by atoms with van der Waals surface area (Å²) in [6.07, 6.45) is 0. The van der Waals surface area contributed by atoms with Crippen molar-refractivity contribution in [3.63, 3.8) is 0 Å². The van der Waals surface area contributed by atoms with Crippen LogP contribution in [0.5, 0.6) is 11.5 Å². The van der Waals surface area contributed by atoms with Crippen molar-refractivity contribution in [1.82, 2.24) is 14.1 Å². The van der Waals surface area contributed by atoms with Crippen molar-refractivity contribution in [2.75, 3.05) is 5.32 Å². The van der Waals surface area contributed by atoms with E-state index in [1.807, 2.05) is 31.2 Å². The molecule has 1 amide bonds. The highest BCUT2D eigenvalue weighted by molar-refractivity contribution is 6.03. The number of nitrogens with zero attached hydrogens (tertiary/aromatic N) is 3. The number of benzene rings is 2. The van der Waals surface area contributed by atoms with E-state index in [0.29, 0.717) is 11.4 Å². The second-order valence-electron chi connectivity index (χ2n) is 7.17. The number of aryl methyl sites for hydroxylation is 2. The quantitative estimate of drug-likeness (QED) is 0.552. The first-order valence-corrected chi connectivity index (χ1v) is 9.56. The predicted octanol–water partition coefficient (Wildman–Crippen LogP) is 2.99. The first-order chi connectivity index (χ1) is 14.8. The lowest BCUT2D eigenvalue weighted by Gasteiger charge is -2.10. The first kappa shape index (κ1) is 20.1. The number of carbonyl (C=O) groups is 1. The molecule has 156 valence electrons. The van der Waals surface area contributed by atoms with E-state index < -0.39 is 17.2 Å². The lowest BCUT2D eigenvalue weighted by molar-refractivity contribution is 0.102. The van der Waals surface area contributed by atoms with Gasteiger partial charge in [-0.1, -0.05) is 12.1 Å². The molecular formula is C23H20N4O4. The van der Waals surface area contributed by atoms with Gasteiger partial charge in [-0.3, -0.25) is 18.7 Å². The molecular weight excluding hydrogens is 396 g/mol. The highest BCUT2D eigenvalue weighted by Gasteiger charge is 2.14. The molecule has 0 aliphatic heterocycles. The van der Waals surface area contributed by atoms with Crippen molar-refractivity contribution in [1.29, 1.82) is 0 Å². The van der Waals surface area contributed by atoms with Crippen LogP contribution in [-0.4, -0.2) is 20.0 Å². The van der Waals surface area contributed by atoms with Crippen LogP contribution in [-0.2, 0) is 14.1 Å². The van der Waals surface area contributed by atoms with Crippen molar-refractivity contribution >= 4 is 22.6 Å². The molecule has 8 heteroatoms. The zero-order valence-corrected chi connectivity index (χ0v) is 17.2. The molecule has 0 fully saturated rings. The summed E-state index contributed by atoms with van der Waals surface area (Å²) >= 11 is 0. The molecule has 2 aromatic carbocycles. The molecule has 0 spiro atoms. The number of pyridine rings is 1. The molecule has 0 saturated carbocycles. The lowest BCUT2D eigenvalue weighted by Crippen LogP contribution is -2.37. The normalized spacial score (nSPS) is 10.8. The van der Waals surface area contributed by atoms with Crippen LogP contribution in [0.4, 0.5) is 5.69 Å². The summed E-state index contributed by atoms with van der Waals surface area (Å²) < 4.78 is 8.05. The van der Waals surface area contributed by atoms with Crippen LogP contribution in [0.3, 0.4) is 0 Å². The van der Waals surface area contributed by atoms with E-state index in [-0.39, 0.29) is 16.7 Å². The second kappa shape index (κ2) is 7.91. The standard InChI is InChI=1S/C23H20N4O4/c1-14-5-4-6-17(13-14)31-16-9-7-15(8-10-16)24-21(28)19-12-11-18-20(25-19)26(2)23(30)27(3)22(18)29/h4-13H,1-3H3,(H,24,28). The maximum Gasteiger partial charge on any atom is 0.332 e. The van der Waals surface area contributed by atoms with Crippen molar-refractivity contribution in [3.8, 4) is 11.5 Å². The zero-order valence-electron chi connectivity index (χ0n) is 17.2. The third-order valence-electron chi connectivity index (χ3n) is 4.87. The Hall–Kier alpha value is -4.20. The number of hydrogen-bond acceptors (Lipinski definition) is 5. The average Bonchev–Trinajstić information content (AvgIpc) is 2.77. The minimum atomic E-state index is -0.508. The van der Waals surface area contributed by atoms with Gasteiger partial charge in [-0.2, -0.15) is 0 Å². The van der Waals surface area contributed by atoms with Gasteiger partial charge in [-0.15, -0.1) is 0 Å². The molecule has 2 aromatic heterocycles. The number of hydrogen-bond donors (Lipinski definition) is 1. The minimum absolute atomic E-state index is 0.0934. The SMILES string of the molecule is Cc1cccc(Oc2ccc(NC(=O)c3ccc4c(=O)n(C)c(=O)n(C)c4n3)cc2)c1. The number of amides is 1. The molecule has 0 saturated heterocycles. The molecule has 31 heavy (non-hydrogen) atoms. The van der Waals surface area contributed by atoms with Crippen LogP contribution >= 0.6 is 0 Å². The molecule has 0 bridgehead atoms. The van der Waals surface area contributed by atoms with E-state index in [9.17, 15) is 14.4 Å². The van der Waals surface area contributed by atoms with Gasteiger partial charge in [0.2, 0.25) is 0 Å². The van der Waals surface area contributed by atoms with E-state index in [2.05, 4.69) is 10.3 Å². The van der Waals surface area contributed by atoms with Gasteiger partial charge in [0.25, 0.3) is 11.5 Å². The summed E-state index contributed by atoms with van der Waals surface area (Å²) in [5.41, 5.74) is 0.938. The Bertz CT molecular complexity index is 1420. The van der Waals surface area contributed by atoms with E-state index in [4.69, 9.17) is 4.74 Å². The zero-order chi connectivity index (χ0) is 22.1. The highest BCUT2D eigenvalue weighted by Crippen LogP contribution is 2.24. The van der Waals surface area contributed by atoms with E-state index in [1.165, 1.54) is 30.8 Å². The smallest absolute Gasteiger partial charge is 0.332 e. The highest BCUT2D eigenvalue weighted by atomic mass is 16.5. The number of rotatable bonds is 4. The molecule has 0 unspecified atom stereocenters. The summed E-state index contributed by atoms with van der Waals surface area (Å²) in [6, 6.07) is 17.6. The molecule has 8 nitrogen and oxygen atoms in total. The molecule has 4 aromatic rings. The minimum Gasteiger partial charge on any atom is -0.457 e. The Kier molecular flexibility index (Phi) is 5.12. The average molecular weight is 416 g/mol. The molecule has 1 N–H and O–H groups in total. The summed E-state index contributed by atoms with van der Waals surface area (Å²) in [6.45, 7) is 1.99. The summed E-state index contributed by atoms with van der Waals surface area (Å²) in [7, 11) is 2.91. The van der Waals surface area contributed by atoms with Crippen molar-refractivity contribution in [2.24, 2.45) is 14.1 Å². The summed E-state index contributed by atoms with van der Waals surface area (Å²) in [4.78, 5) is 41.3. The number of ether oxygens (including phenoxy) is 1. The van der Waals surface area contributed by atoms with Crippen LogP contribution < -0.4 is 21.3 Å². The molecule has 0 aliphatic rings. The lowest BCUT2D eigenvalue weighted by atomic mass is 10.2. The fourth-order valence-corrected chi connectivity index (χ4v) is 3.20. The monoisotopic (exact) mass is 416 g/mol. The molecule has 4 rings (SSSR count). The summed E-state index contributed by atoms with van der Waals surface area (Å²) in [5, 5.41) is 3.02. The van der Waals surface area contributed by atoms with Crippen molar-refractivity contribution in [3.05, 3.63) is 92.8 Å². The van der Waals surface area contributed by atoms with Crippen LogP contribution in [0.1, 0.15) is 16.1 Å². The van der Waals surface area contributed by atoms with Crippen LogP contribution in [0.15, 0.2) is 70.3 Å². The number of fused-ring (bicyclic) bond motifs is 1. The van der Waals surface area contributed by atoms with Gasteiger partial charge in [0.05, 0.1) is 5.39 Å². The third-order valence-corrected chi connectivity index (χ3v) is 4.87. The van der Waals surface area contributed by atoms with E-state index in [1.54, 1.807) is 24.3 Å². The van der Waals surface area contributed by atoms with Gasteiger partial charge in [0.15, 0.2) is 0 Å². The van der Waals surface area contributed by atoms with Crippen molar-refractivity contribution < 1.29 is 9.53 Å². The first-order valence-electron chi connectivity index (χ1n) is 9.56. The molecule has 0 radical (unpaired) electrons. The Morgan fingerprint density at radius 1 is 0.935 bits per heavy atom. The van der Waals surface area contributed by atoms with Gasteiger partial charge in [-0.05, 0) is 61.0 Å².